The lowest BCUT2D eigenvalue weighted by Gasteiger charge is -2.27. The average Bonchev–Trinajstić information content (AvgIpc) is 2.78. The highest BCUT2D eigenvalue weighted by molar-refractivity contribution is 7.10. The van der Waals surface area contributed by atoms with Crippen molar-refractivity contribution in [3.8, 4) is 0 Å². The average molecular weight is 280 g/mol. The third-order valence-corrected chi connectivity index (χ3v) is 5.21. The summed E-state index contributed by atoms with van der Waals surface area (Å²) in [7, 11) is 0. The van der Waals surface area contributed by atoms with Crippen molar-refractivity contribution < 1.29 is 4.79 Å². The summed E-state index contributed by atoms with van der Waals surface area (Å²) in [6.07, 6.45) is 6.69. The molecular weight excluding hydrogens is 256 g/mol. The van der Waals surface area contributed by atoms with Crippen LogP contribution in [0.3, 0.4) is 0 Å². The van der Waals surface area contributed by atoms with Gasteiger partial charge in [-0.1, -0.05) is 26.2 Å². The first-order chi connectivity index (χ1) is 9.11. The van der Waals surface area contributed by atoms with Crippen molar-refractivity contribution in [3.63, 3.8) is 0 Å². The molecule has 4 heteroatoms. The number of carbonyl (C=O) groups is 1. The van der Waals surface area contributed by atoms with Crippen molar-refractivity contribution in [2.24, 2.45) is 11.8 Å². The van der Waals surface area contributed by atoms with E-state index in [1.807, 2.05) is 6.92 Å². The maximum atomic E-state index is 11.6. The Morgan fingerprint density at radius 3 is 2.53 bits per heavy atom. The summed E-state index contributed by atoms with van der Waals surface area (Å²) in [4.78, 5) is 11.6. The fourth-order valence-electron chi connectivity index (χ4n) is 2.99. The molecule has 0 spiro atoms. The van der Waals surface area contributed by atoms with E-state index in [1.54, 1.807) is 6.92 Å². The number of nitrogens with zero attached hydrogens (tertiary/aromatic N) is 1. The zero-order valence-electron chi connectivity index (χ0n) is 12.2. The Kier molecular flexibility index (Phi) is 4.97. The molecule has 1 aliphatic rings. The molecule has 1 aliphatic carbocycles. The number of anilines is 1. The highest BCUT2D eigenvalue weighted by Crippen LogP contribution is 2.32. The maximum Gasteiger partial charge on any atom is 0.164 e. The number of aryl methyl sites for hydroxylation is 1. The van der Waals surface area contributed by atoms with Crippen LogP contribution in [0.5, 0.6) is 0 Å². The van der Waals surface area contributed by atoms with Gasteiger partial charge in [0.2, 0.25) is 0 Å². The minimum absolute atomic E-state index is 0.114. The smallest absolute Gasteiger partial charge is 0.164 e. The molecule has 1 aromatic rings. The van der Waals surface area contributed by atoms with Crippen LogP contribution in [0, 0.1) is 18.8 Å². The monoisotopic (exact) mass is 280 g/mol. The lowest BCUT2D eigenvalue weighted by atomic mass is 9.81. The fraction of sp³-hybridized carbons (Fsp3) is 0.733. The molecule has 0 bridgehead atoms. The summed E-state index contributed by atoms with van der Waals surface area (Å²) in [5.41, 5.74) is 1.64. The maximum absolute atomic E-state index is 11.6. The summed E-state index contributed by atoms with van der Waals surface area (Å²) in [6.45, 7) is 6.81. The van der Waals surface area contributed by atoms with Gasteiger partial charge < -0.3 is 5.32 Å². The number of hydrogen-bond donors (Lipinski definition) is 1. The van der Waals surface area contributed by atoms with Crippen LogP contribution in [0.4, 0.5) is 5.00 Å². The second-order valence-corrected chi connectivity index (χ2v) is 6.48. The first-order valence-corrected chi connectivity index (χ1v) is 8.10. The number of hydrogen-bond acceptors (Lipinski definition) is 4. The Labute approximate surface area is 120 Å². The van der Waals surface area contributed by atoms with Crippen molar-refractivity contribution in [2.75, 3.05) is 11.9 Å². The molecule has 2 rings (SSSR count). The molecule has 0 atom stereocenters. The van der Waals surface area contributed by atoms with Crippen LogP contribution in [0.1, 0.15) is 62.0 Å². The molecule has 1 heterocycles. The van der Waals surface area contributed by atoms with E-state index in [0.29, 0.717) is 0 Å². The van der Waals surface area contributed by atoms with Crippen molar-refractivity contribution in [1.82, 2.24) is 4.37 Å². The van der Waals surface area contributed by atoms with Gasteiger partial charge in [-0.3, -0.25) is 4.79 Å². The molecule has 0 unspecified atom stereocenters. The lowest BCUT2D eigenvalue weighted by Crippen LogP contribution is -2.21. The third kappa shape index (κ3) is 3.56. The number of rotatable bonds is 5. The van der Waals surface area contributed by atoms with Crippen molar-refractivity contribution >= 4 is 22.3 Å². The van der Waals surface area contributed by atoms with Gasteiger partial charge >= 0.3 is 0 Å². The number of aromatic nitrogens is 1. The van der Waals surface area contributed by atoms with Crippen LogP contribution in [0.2, 0.25) is 0 Å². The van der Waals surface area contributed by atoms with Crippen LogP contribution in [-0.2, 0) is 0 Å². The quantitative estimate of drug-likeness (QED) is 0.818. The molecule has 106 valence electrons. The Balaban J connectivity index is 1.88. The molecular formula is C15H24N2OS. The van der Waals surface area contributed by atoms with E-state index in [0.717, 1.165) is 34.6 Å². The van der Waals surface area contributed by atoms with E-state index < -0.39 is 0 Å². The topological polar surface area (TPSA) is 42.0 Å². The van der Waals surface area contributed by atoms with E-state index in [-0.39, 0.29) is 5.78 Å². The van der Waals surface area contributed by atoms with Crippen molar-refractivity contribution in [2.45, 2.75) is 52.9 Å². The fourth-order valence-corrected chi connectivity index (χ4v) is 3.84. The van der Waals surface area contributed by atoms with Gasteiger partial charge in [0.1, 0.15) is 5.00 Å². The number of Topliss-reactive ketones (excluding diaryl/α,β-unsaturated/α-hetero) is 1. The van der Waals surface area contributed by atoms with Crippen LogP contribution < -0.4 is 5.32 Å². The van der Waals surface area contributed by atoms with Crippen LogP contribution >= 0.6 is 11.5 Å². The predicted octanol–water partition coefficient (Wildman–Crippen LogP) is 4.28. The molecule has 1 saturated carbocycles. The molecule has 3 nitrogen and oxygen atoms in total. The number of ketones is 1. The Morgan fingerprint density at radius 2 is 1.95 bits per heavy atom. The lowest BCUT2D eigenvalue weighted by molar-refractivity contribution is 0.101. The molecule has 19 heavy (non-hydrogen) atoms. The van der Waals surface area contributed by atoms with Gasteiger partial charge in [-0.25, -0.2) is 0 Å². The standard InChI is InChI=1S/C15H24N2OS/c1-4-12-5-7-13(8-6-12)9-16-15-14(11(3)18)10(2)17-19-15/h12-13,16H,4-9H2,1-3H3. The first kappa shape index (κ1) is 14.5. The van der Waals surface area contributed by atoms with Gasteiger partial charge in [0.05, 0.1) is 11.3 Å². The Morgan fingerprint density at radius 1 is 1.32 bits per heavy atom. The van der Waals surface area contributed by atoms with E-state index in [1.165, 1.54) is 43.6 Å². The molecule has 0 aliphatic heterocycles. The highest BCUT2D eigenvalue weighted by Gasteiger charge is 2.21. The molecule has 1 fully saturated rings. The SMILES string of the molecule is CCC1CCC(CNc2snc(C)c2C(C)=O)CC1. The van der Waals surface area contributed by atoms with E-state index in [9.17, 15) is 4.79 Å². The second-order valence-electron chi connectivity index (χ2n) is 5.70. The van der Waals surface area contributed by atoms with Gasteiger partial charge in [0.15, 0.2) is 5.78 Å². The molecule has 0 saturated heterocycles. The van der Waals surface area contributed by atoms with Crippen molar-refractivity contribution in [1.29, 1.82) is 0 Å². The highest BCUT2D eigenvalue weighted by atomic mass is 32.1. The zero-order chi connectivity index (χ0) is 13.8. The minimum Gasteiger partial charge on any atom is -0.375 e. The van der Waals surface area contributed by atoms with Gasteiger partial charge in [-0.2, -0.15) is 4.37 Å². The molecule has 0 amide bonds. The van der Waals surface area contributed by atoms with Crippen molar-refractivity contribution in [3.05, 3.63) is 11.3 Å². The first-order valence-electron chi connectivity index (χ1n) is 7.32. The van der Waals surface area contributed by atoms with Crippen LogP contribution in [0.25, 0.3) is 0 Å². The van der Waals surface area contributed by atoms with E-state index in [2.05, 4.69) is 16.6 Å². The van der Waals surface area contributed by atoms with Crippen LogP contribution in [-0.4, -0.2) is 16.7 Å². The summed E-state index contributed by atoms with van der Waals surface area (Å²) in [5, 5.41) is 4.41. The van der Waals surface area contributed by atoms with Gasteiger partial charge in [0.25, 0.3) is 0 Å². The Hall–Kier alpha value is -0.900. The van der Waals surface area contributed by atoms with Gasteiger partial charge in [-0.15, -0.1) is 0 Å². The molecule has 0 radical (unpaired) electrons. The minimum atomic E-state index is 0.114. The van der Waals surface area contributed by atoms with E-state index >= 15 is 0 Å². The summed E-state index contributed by atoms with van der Waals surface area (Å²) >= 11 is 1.42. The normalized spacial score (nSPS) is 23.3. The van der Waals surface area contributed by atoms with Gasteiger partial charge in [-0.05, 0) is 50.1 Å². The van der Waals surface area contributed by atoms with Gasteiger partial charge in [0, 0.05) is 6.54 Å². The Bertz CT molecular complexity index is 433. The predicted molar refractivity (Wildman–Crippen MR) is 81.1 cm³/mol. The molecule has 1 aromatic heterocycles. The number of nitrogens with one attached hydrogen (secondary N) is 1. The largest absolute Gasteiger partial charge is 0.375 e. The van der Waals surface area contributed by atoms with Crippen LogP contribution in [0.15, 0.2) is 0 Å². The summed E-state index contributed by atoms with van der Waals surface area (Å²) in [6, 6.07) is 0. The molecule has 1 N–H and O–H groups in total. The summed E-state index contributed by atoms with van der Waals surface area (Å²) < 4.78 is 4.29. The number of carbonyl (C=O) groups excluding carboxylic acids is 1. The second kappa shape index (κ2) is 6.51. The third-order valence-electron chi connectivity index (χ3n) is 4.31. The van der Waals surface area contributed by atoms with E-state index in [4.69, 9.17) is 0 Å². The summed E-state index contributed by atoms with van der Waals surface area (Å²) in [5.74, 6) is 1.81. The zero-order valence-corrected chi connectivity index (χ0v) is 13.0. The molecule has 0 aromatic carbocycles.